The molecule has 2 N–H and O–H groups in total. The van der Waals surface area contributed by atoms with Crippen molar-refractivity contribution in [3.8, 4) is 21.7 Å². The molecule has 1 aliphatic rings. The number of likely N-dealkylation sites (tertiary alicyclic amines) is 1. The van der Waals surface area contributed by atoms with Gasteiger partial charge in [0.15, 0.2) is 0 Å². The summed E-state index contributed by atoms with van der Waals surface area (Å²) in [5, 5.41) is 5.30. The number of hydrogen-bond acceptors (Lipinski definition) is 6. The molecule has 8 heteroatoms. The van der Waals surface area contributed by atoms with E-state index < -0.39 is 0 Å². The number of aryl methyl sites for hydroxylation is 1. The number of amides is 1. The number of rotatable bonds is 5. The van der Waals surface area contributed by atoms with Crippen molar-refractivity contribution < 1.29 is 4.79 Å². The molecule has 3 aromatic heterocycles. The summed E-state index contributed by atoms with van der Waals surface area (Å²) in [7, 11) is 0. The zero-order valence-electron chi connectivity index (χ0n) is 17.2. The molecule has 7 nitrogen and oxygen atoms in total. The number of carbonyl (C=O) groups is 1. The van der Waals surface area contributed by atoms with E-state index in [1.54, 1.807) is 23.7 Å². The van der Waals surface area contributed by atoms with Crippen LogP contribution in [0.3, 0.4) is 0 Å². The molecule has 1 saturated heterocycles. The first-order valence-electron chi connectivity index (χ1n) is 10.6. The number of para-hydroxylation sites is 1. The van der Waals surface area contributed by atoms with E-state index in [4.69, 9.17) is 10.7 Å². The number of nitrogens with two attached hydrogens (primary N) is 1. The molecule has 0 saturated carbocycles. The number of nitrogens with zero attached hydrogens (tertiary/aromatic N) is 5. The van der Waals surface area contributed by atoms with E-state index in [0.29, 0.717) is 18.8 Å². The van der Waals surface area contributed by atoms with Gasteiger partial charge in [-0.15, -0.1) is 11.3 Å². The maximum absolute atomic E-state index is 12.4. The predicted molar refractivity (Wildman–Crippen MR) is 124 cm³/mol. The topological polar surface area (TPSA) is 89.9 Å². The van der Waals surface area contributed by atoms with E-state index in [1.807, 2.05) is 40.0 Å². The number of anilines is 1. The van der Waals surface area contributed by atoms with Crippen LogP contribution in [0.2, 0.25) is 0 Å². The van der Waals surface area contributed by atoms with Gasteiger partial charge < -0.3 is 10.6 Å². The lowest BCUT2D eigenvalue weighted by atomic mass is 10.1. The fraction of sp³-hybridized carbons (Fsp3) is 0.304. The second kappa shape index (κ2) is 8.47. The molecule has 1 fully saturated rings. The SMILES string of the molecule is Nc1ncc(-c2cnn(CCC(=O)N3CCCCC3)c2)cc1-c1nc2ccccc2s1. The zero-order valence-corrected chi connectivity index (χ0v) is 18.0. The Balaban J connectivity index is 1.33. The standard InChI is InChI=1S/C23H24N6OS/c24-22-18(23-27-19-6-2-3-7-20(19)31-23)12-16(13-25-22)17-14-26-29(15-17)11-8-21(30)28-9-4-1-5-10-28/h2-3,6-7,12-15H,1,4-5,8-11H2,(H2,24,25). The molecular weight excluding hydrogens is 408 g/mol. The first kappa shape index (κ1) is 19.7. The zero-order chi connectivity index (χ0) is 21.2. The summed E-state index contributed by atoms with van der Waals surface area (Å²) in [6.45, 7) is 2.34. The number of carbonyl (C=O) groups excluding carboxylic acids is 1. The number of pyridine rings is 1. The quantitative estimate of drug-likeness (QED) is 0.510. The van der Waals surface area contributed by atoms with Gasteiger partial charge in [0.1, 0.15) is 10.8 Å². The van der Waals surface area contributed by atoms with Gasteiger partial charge in [0, 0.05) is 49.6 Å². The minimum absolute atomic E-state index is 0.212. The van der Waals surface area contributed by atoms with E-state index in [1.165, 1.54) is 6.42 Å². The molecule has 1 aromatic carbocycles. The molecule has 0 aliphatic carbocycles. The van der Waals surface area contributed by atoms with Gasteiger partial charge in [0.2, 0.25) is 5.91 Å². The lowest BCUT2D eigenvalue weighted by Crippen LogP contribution is -2.36. The van der Waals surface area contributed by atoms with Crippen LogP contribution >= 0.6 is 11.3 Å². The number of aromatic nitrogens is 4. The van der Waals surface area contributed by atoms with Crippen molar-refractivity contribution in [3.05, 3.63) is 48.9 Å². The Morgan fingerprint density at radius 2 is 1.94 bits per heavy atom. The number of nitrogen functional groups attached to an aromatic ring is 1. The second-order valence-corrected chi connectivity index (χ2v) is 8.86. The van der Waals surface area contributed by atoms with Crippen molar-refractivity contribution in [3.63, 3.8) is 0 Å². The third kappa shape index (κ3) is 4.16. The van der Waals surface area contributed by atoms with Crippen molar-refractivity contribution in [2.24, 2.45) is 0 Å². The Bertz CT molecular complexity index is 1190. The van der Waals surface area contributed by atoms with Gasteiger partial charge >= 0.3 is 0 Å². The number of thiazole rings is 1. The van der Waals surface area contributed by atoms with E-state index in [9.17, 15) is 4.79 Å². The van der Waals surface area contributed by atoms with Gasteiger partial charge in [-0.3, -0.25) is 9.48 Å². The first-order valence-corrected chi connectivity index (χ1v) is 11.4. The normalized spacial score (nSPS) is 14.3. The third-order valence-corrected chi connectivity index (χ3v) is 6.74. The lowest BCUT2D eigenvalue weighted by Gasteiger charge is -2.26. The highest BCUT2D eigenvalue weighted by molar-refractivity contribution is 7.21. The third-order valence-electron chi connectivity index (χ3n) is 5.67. The predicted octanol–water partition coefficient (Wildman–Crippen LogP) is 4.21. The van der Waals surface area contributed by atoms with E-state index >= 15 is 0 Å². The molecule has 0 radical (unpaired) electrons. The van der Waals surface area contributed by atoms with Gasteiger partial charge in [-0.1, -0.05) is 12.1 Å². The van der Waals surface area contributed by atoms with Gasteiger partial charge in [-0.2, -0.15) is 5.10 Å². The molecule has 4 aromatic rings. The van der Waals surface area contributed by atoms with E-state index in [-0.39, 0.29) is 5.91 Å². The smallest absolute Gasteiger partial charge is 0.224 e. The summed E-state index contributed by atoms with van der Waals surface area (Å²) in [4.78, 5) is 23.5. The van der Waals surface area contributed by atoms with Gasteiger partial charge in [0.25, 0.3) is 0 Å². The molecule has 0 atom stereocenters. The van der Waals surface area contributed by atoms with Crippen LogP contribution in [0, 0.1) is 0 Å². The minimum Gasteiger partial charge on any atom is -0.383 e. The molecule has 1 amide bonds. The number of fused-ring (bicyclic) bond motifs is 1. The Kier molecular flexibility index (Phi) is 5.38. The van der Waals surface area contributed by atoms with Crippen LogP contribution < -0.4 is 5.73 Å². The van der Waals surface area contributed by atoms with Crippen LogP contribution in [0.5, 0.6) is 0 Å². The van der Waals surface area contributed by atoms with Crippen LogP contribution in [0.1, 0.15) is 25.7 Å². The molecule has 0 spiro atoms. The van der Waals surface area contributed by atoms with Crippen LogP contribution in [0.4, 0.5) is 5.82 Å². The Morgan fingerprint density at radius 1 is 1.10 bits per heavy atom. The molecule has 0 unspecified atom stereocenters. The van der Waals surface area contributed by atoms with Crippen molar-refractivity contribution in [1.82, 2.24) is 24.6 Å². The summed E-state index contributed by atoms with van der Waals surface area (Å²) < 4.78 is 2.94. The van der Waals surface area contributed by atoms with Gasteiger partial charge in [-0.05, 0) is 37.5 Å². The molecular formula is C23H24N6OS. The summed E-state index contributed by atoms with van der Waals surface area (Å²) in [5.41, 5.74) is 9.83. The molecule has 31 heavy (non-hydrogen) atoms. The highest BCUT2D eigenvalue weighted by atomic mass is 32.1. The fourth-order valence-corrected chi connectivity index (χ4v) is 4.93. The average Bonchev–Trinajstić information content (AvgIpc) is 3.45. The van der Waals surface area contributed by atoms with Crippen LogP contribution in [-0.2, 0) is 11.3 Å². The Labute approximate surface area is 184 Å². The molecule has 4 heterocycles. The Hall–Kier alpha value is -3.26. The van der Waals surface area contributed by atoms with E-state index in [2.05, 4.69) is 16.1 Å². The summed E-state index contributed by atoms with van der Waals surface area (Å²) in [6, 6.07) is 10.1. The fourth-order valence-electron chi connectivity index (χ4n) is 3.94. The minimum atomic E-state index is 0.212. The number of benzene rings is 1. The number of hydrogen-bond donors (Lipinski definition) is 1. The molecule has 0 bridgehead atoms. The van der Waals surface area contributed by atoms with E-state index in [0.717, 1.165) is 57.8 Å². The summed E-state index contributed by atoms with van der Waals surface area (Å²) in [5.74, 6) is 0.673. The maximum Gasteiger partial charge on any atom is 0.224 e. The summed E-state index contributed by atoms with van der Waals surface area (Å²) in [6.07, 6.45) is 9.43. The second-order valence-electron chi connectivity index (χ2n) is 7.83. The highest BCUT2D eigenvalue weighted by Crippen LogP contribution is 2.34. The van der Waals surface area contributed by atoms with Crippen molar-refractivity contribution in [2.75, 3.05) is 18.8 Å². The monoisotopic (exact) mass is 432 g/mol. The van der Waals surface area contributed by atoms with Crippen molar-refractivity contribution in [1.29, 1.82) is 0 Å². The first-order chi connectivity index (χ1) is 15.2. The lowest BCUT2D eigenvalue weighted by molar-refractivity contribution is -0.132. The molecule has 5 rings (SSSR count). The van der Waals surface area contributed by atoms with Gasteiger partial charge in [0.05, 0.1) is 22.0 Å². The van der Waals surface area contributed by atoms with Crippen molar-refractivity contribution >= 4 is 33.3 Å². The van der Waals surface area contributed by atoms with Gasteiger partial charge in [-0.25, -0.2) is 9.97 Å². The van der Waals surface area contributed by atoms with Crippen molar-refractivity contribution in [2.45, 2.75) is 32.2 Å². The van der Waals surface area contributed by atoms with Crippen LogP contribution in [-0.4, -0.2) is 43.6 Å². The molecule has 158 valence electrons. The highest BCUT2D eigenvalue weighted by Gasteiger charge is 2.17. The molecule has 1 aliphatic heterocycles. The van der Waals surface area contributed by atoms with Crippen LogP contribution in [0.25, 0.3) is 31.9 Å². The largest absolute Gasteiger partial charge is 0.383 e. The Morgan fingerprint density at radius 3 is 2.77 bits per heavy atom. The maximum atomic E-state index is 12.4. The average molecular weight is 433 g/mol. The summed E-state index contributed by atoms with van der Waals surface area (Å²) >= 11 is 1.60. The number of piperidine rings is 1. The van der Waals surface area contributed by atoms with Crippen LogP contribution in [0.15, 0.2) is 48.9 Å².